The summed E-state index contributed by atoms with van der Waals surface area (Å²) in [6.45, 7) is 3.00. The fourth-order valence-corrected chi connectivity index (χ4v) is 5.22. The number of carbonyl (C=O) groups excluding carboxylic acids is 1. The summed E-state index contributed by atoms with van der Waals surface area (Å²) in [7, 11) is 1.34. The average molecular weight is 506 g/mol. The number of thiazole rings is 1. The lowest BCUT2D eigenvalue weighted by Crippen LogP contribution is -2.24. The van der Waals surface area contributed by atoms with Gasteiger partial charge in [0.25, 0.3) is 0 Å². The molecule has 0 spiro atoms. The van der Waals surface area contributed by atoms with Gasteiger partial charge >= 0.3 is 0 Å². The van der Waals surface area contributed by atoms with Crippen LogP contribution in [-0.2, 0) is 24.4 Å². The van der Waals surface area contributed by atoms with Crippen molar-refractivity contribution in [1.29, 1.82) is 0 Å². The van der Waals surface area contributed by atoms with Crippen LogP contribution in [-0.4, -0.2) is 32.8 Å². The minimum atomic E-state index is -0.376. The smallest absolute Gasteiger partial charge is 0.250 e. The highest BCUT2D eigenvalue weighted by Gasteiger charge is 2.19. The summed E-state index contributed by atoms with van der Waals surface area (Å²) in [6, 6.07) is 21.7. The highest BCUT2D eigenvalue weighted by Crippen LogP contribution is 2.32. The molecule has 1 amide bonds. The van der Waals surface area contributed by atoms with Crippen molar-refractivity contribution in [2.45, 2.75) is 26.5 Å². The van der Waals surface area contributed by atoms with Gasteiger partial charge in [-0.15, -0.1) is 11.3 Å². The summed E-state index contributed by atoms with van der Waals surface area (Å²) in [5.74, 6) is 0.325. The number of carbonyl (C=O) groups is 1. The Morgan fingerprint density at radius 1 is 1.14 bits per heavy atom. The van der Waals surface area contributed by atoms with Crippen molar-refractivity contribution in [3.63, 3.8) is 0 Å². The summed E-state index contributed by atoms with van der Waals surface area (Å²) in [4.78, 5) is 17.0. The molecule has 1 N–H and O–H groups in total. The first-order valence-electron chi connectivity index (χ1n) is 11.2. The van der Waals surface area contributed by atoms with E-state index in [1.165, 1.54) is 7.05 Å². The third kappa shape index (κ3) is 4.89. The van der Waals surface area contributed by atoms with Crippen LogP contribution in [0.3, 0.4) is 0 Å². The summed E-state index contributed by atoms with van der Waals surface area (Å²) < 4.78 is 9.40. The lowest BCUT2D eigenvalue weighted by molar-refractivity contribution is -0.158. The van der Waals surface area contributed by atoms with E-state index in [0.717, 1.165) is 42.9 Å². The number of fused-ring (bicyclic) bond motifs is 2. The molecule has 8 heteroatoms. The van der Waals surface area contributed by atoms with Gasteiger partial charge in [-0.3, -0.25) is 10.0 Å². The molecule has 2 aromatic heterocycles. The molecule has 0 atom stereocenters. The molecule has 178 valence electrons. The Labute approximate surface area is 211 Å². The lowest BCUT2D eigenvalue weighted by atomic mass is 10.1. The van der Waals surface area contributed by atoms with Gasteiger partial charge in [0.15, 0.2) is 0 Å². The Bertz CT molecular complexity index is 1490. The van der Waals surface area contributed by atoms with E-state index >= 15 is 0 Å². The molecule has 0 aliphatic rings. The monoisotopic (exact) mass is 505 g/mol. The average Bonchev–Trinajstić information content (AvgIpc) is 3.38. The van der Waals surface area contributed by atoms with E-state index in [-0.39, 0.29) is 12.3 Å². The maximum Gasteiger partial charge on any atom is 0.250 e. The highest BCUT2D eigenvalue weighted by atomic mass is 35.5. The van der Waals surface area contributed by atoms with Crippen LogP contribution in [0.15, 0.2) is 66.7 Å². The number of ether oxygens (including phenoxy) is 1. The molecule has 0 fully saturated rings. The van der Waals surface area contributed by atoms with Gasteiger partial charge in [-0.1, -0.05) is 35.9 Å². The van der Waals surface area contributed by atoms with Crippen LogP contribution in [0.1, 0.15) is 21.8 Å². The topological polar surface area (TPSA) is 67.6 Å². The Balaban J connectivity index is 1.48. The first-order chi connectivity index (χ1) is 16.9. The number of likely N-dealkylation sites (N-methyl/N-ethyl adjacent to an activating group) is 1. The van der Waals surface area contributed by atoms with Gasteiger partial charge in [0.1, 0.15) is 17.4 Å². The van der Waals surface area contributed by atoms with Crippen molar-refractivity contribution in [3.05, 3.63) is 93.6 Å². The van der Waals surface area contributed by atoms with Gasteiger partial charge < -0.3 is 9.30 Å². The molecule has 0 saturated heterocycles. The first kappa shape index (κ1) is 23.4. The molecule has 3 aromatic carbocycles. The van der Waals surface area contributed by atoms with Gasteiger partial charge in [-0.25, -0.2) is 10.0 Å². The normalized spacial score (nSPS) is 11.3. The van der Waals surface area contributed by atoms with E-state index in [1.807, 2.05) is 67.6 Å². The number of hydrogen-bond acceptors (Lipinski definition) is 5. The third-order valence-corrected chi connectivity index (χ3v) is 7.33. The van der Waals surface area contributed by atoms with Crippen LogP contribution < -0.4 is 4.74 Å². The highest BCUT2D eigenvalue weighted by molar-refractivity contribution is 7.18. The zero-order valence-corrected chi connectivity index (χ0v) is 20.9. The minimum absolute atomic E-state index is 0.0876. The summed E-state index contributed by atoms with van der Waals surface area (Å²) in [5, 5.41) is 12.8. The predicted molar refractivity (Wildman–Crippen MR) is 139 cm³/mol. The summed E-state index contributed by atoms with van der Waals surface area (Å²) in [6.07, 6.45) is 0.0876. The molecule has 0 unspecified atom stereocenters. The van der Waals surface area contributed by atoms with Gasteiger partial charge in [-0.2, -0.15) is 0 Å². The van der Waals surface area contributed by atoms with Crippen molar-refractivity contribution >= 4 is 50.0 Å². The van der Waals surface area contributed by atoms with Gasteiger partial charge in [0, 0.05) is 35.2 Å². The number of amides is 1. The van der Waals surface area contributed by atoms with Crippen LogP contribution in [0, 0.1) is 6.92 Å². The lowest BCUT2D eigenvalue weighted by Gasteiger charge is -2.10. The maximum absolute atomic E-state index is 12.4. The van der Waals surface area contributed by atoms with Crippen LogP contribution >= 0.6 is 22.9 Å². The summed E-state index contributed by atoms with van der Waals surface area (Å²) >= 11 is 7.67. The molecule has 0 aliphatic heterocycles. The molecular weight excluding hydrogens is 482 g/mol. The fraction of sp³-hybridized carbons (Fsp3) is 0.185. The van der Waals surface area contributed by atoms with Crippen molar-refractivity contribution < 1.29 is 14.7 Å². The Kier molecular flexibility index (Phi) is 6.47. The number of nitrogens with zero attached hydrogens (tertiary/aromatic N) is 3. The second-order valence-corrected chi connectivity index (χ2v) is 9.97. The summed E-state index contributed by atoms with van der Waals surface area (Å²) in [5.41, 5.74) is 4.89. The van der Waals surface area contributed by atoms with E-state index in [1.54, 1.807) is 11.3 Å². The van der Waals surface area contributed by atoms with Crippen molar-refractivity contribution in [2.24, 2.45) is 0 Å². The number of halogens is 1. The van der Waals surface area contributed by atoms with Crippen molar-refractivity contribution in [2.75, 3.05) is 7.05 Å². The largest absolute Gasteiger partial charge is 0.486 e. The maximum atomic E-state index is 12.4. The van der Waals surface area contributed by atoms with Crippen LogP contribution in [0.4, 0.5) is 0 Å². The van der Waals surface area contributed by atoms with Crippen LogP contribution in [0.5, 0.6) is 5.75 Å². The zero-order valence-electron chi connectivity index (χ0n) is 19.4. The minimum Gasteiger partial charge on any atom is -0.486 e. The quantitative estimate of drug-likeness (QED) is 0.210. The molecule has 0 saturated carbocycles. The van der Waals surface area contributed by atoms with E-state index in [4.69, 9.17) is 16.3 Å². The molecule has 5 rings (SSSR count). The SMILES string of the molecule is Cc1c(CC(=O)N(C)O)c2cc(OCc3nc4ccccc4s3)ccc2n1Cc1ccc(Cl)cc1. The molecular formula is C27H24ClN3O3S. The predicted octanol–water partition coefficient (Wildman–Crippen LogP) is 6.23. The molecule has 2 heterocycles. The number of hydrogen-bond donors (Lipinski definition) is 1. The number of aromatic nitrogens is 2. The zero-order chi connectivity index (χ0) is 24.5. The van der Waals surface area contributed by atoms with E-state index in [9.17, 15) is 10.0 Å². The van der Waals surface area contributed by atoms with E-state index in [2.05, 4.69) is 15.6 Å². The number of rotatable bonds is 7. The molecule has 5 aromatic rings. The Hall–Kier alpha value is -3.39. The number of benzene rings is 3. The van der Waals surface area contributed by atoms with Crippen molar-refractivity contribution in [1.82, 2.24) is 14.6 Å². The van der Waals surface area contributed by atoms with Gasteiger partial charge in [0.2, 0.25) is 5.91 Å². The van der Waals surface area contributed by atoms with Crippen molar-refractivity contribution in [3.8, 4) is 5.75 Å². The first-order valence-corrected chi connectivity index (χ1v) is 12.4. The Morgan fingerprint density at radius 2 is 1.91 bits per heavy atom. The molecule has 0 radical (unpaired) electrons. The second-order valence-electron chi connectivity index (χ2n) is 8.41. The van der Waals surface area contributed by atoms with E-state index in [0.29, 0.717) is 29.0 Å². The number of para-hydroxylation sites is 1. The fourth-order valence-electron chi connectivity index (χ4n) is 4.21. The molecule has 6 nitrogen and oxygen atoms in total. The van der Waals surface area contributed by atoms with Gasteiger partial charge in [0.05, 0.1) is 16.6 Å². The van der Waals surface area contributed by atoms with Crippen LogP contribution in [0.2, 0.25) is 5.02 Å². The Morgan fingerprint density at radius 3 is 2.66 bits per heavy atom. The standard InChI is InChI=1S/C27H24ClN3O3S/c1-17-21(14-27(32)30(2)33)22-13-20(34-16-26-29-23-5-3-4-6-25(23)35-26)11-12-24(22)31(17)15-18-7-9-19(28)10-8-18/h3-13,33H,14-16H2,1-2H3. The second kappa shape index (κ2) is 9.70. The number of hydroxylamine groups is 2. The van der Waals surface area contributed by atoms with Crippen LogP contribution in [0.25, 0.3) is 21.1 Å². The third-order valence-electron chi connectivity index (χ3n) is 6.07. The molecule has 0 bridgehead atoms. The molecule has 35 heavy (non-hydrogen) atoms. The molecule has 0 aliphatic carbocycles. The van der Waals surface area contributed by atoms with Gasteiger partial charge in [-0.05, 0) is 60.5 Å². The van der Waals surface area contributed by atoms with E-state index < -0.39 is 0 Å².